The molecular formula is C25H22N2O4S. The molecule has 0 radical (unpaired) electrons. The SMILES string of the molecule is O=C1SC(Cc2ccccc2)C(=O)N1OCCO/N=C\c1cccc(-c2ccccc2)c1. The van der Waals surface area contributed by atoms with Crippen LogP contribution in [0.3, 0.4) is 0 Å². The maximum absolute atomic E-state index is 12.5. The van der Waals surface area contributed by atoms with Crippen LogP contribution in [0.2, 0.25) is 0 Å². The summed E-state index contributed by atoms with van der Waals surface area (Å²) in [6.07, 6.45) is 2.10. The smallest absolute Gasteiger partial charge is 0.313 e. The number of amides is 2. The molecule has 1 atom stereocenters. The summed E-state index contributed by atoms with van der Waals surface area (Å²) in [5, 5.41) is 3.90. The van der Waals surface area contributed by atoms with Crippen molar-refractivity contribution in [3.05, 3.63) is 96.1 Å². The summed E-state index contributed by atoms with van der Waals surface area (Å²) in [5.74, 6) is -0.343. The number of rotatable bonds is 9. The van der Waals surface area contributed by atoms with Gasteiger partial charge in [0.1, 0.15) is 13.2 Å². The van der Waals surface area contributed by atoms with E-state index in [9.17, 15) is 9.59 Å². The van der Waals surface area contributed by atoms with E-state index in [4.69, 9.17) is 9.68 Å². The molecule has 0 spiro atoms. The second-order valence-electron chi connectivity index (χ2n) is 7.09. The number of imide groups is 1. The Kier molecular flexibility index (Phi) is 7.32. The molecule has 1 aliphatic rings. The van der Waals surface area contributed by atoms with Crippen molar-refractivity contribution in [2.24, 2.45) is 5.16 Å². The molecule has 0 N–H and O–H groups in total. The van der Waals surface area contributed by atoms with Gasteiger partial charge in [-0.15, -0.1) is 5.06 Å². The third kappa shape index (κ3) is 5.63. The zero-order valence-corrected chi connectivity index (χ0v) is 18.1. The van der Waals surface area contributed by atoms with Crippen molar-refractivity contribution in [1.29, 1.82) is 0 Å². The maximum Gasteiger partial charge on any atom is 0.313 e. The molecule has 6 nitrogen and oxygen atoms in total. The number of benzene rings is 3. The standard InChI is InChI=1S/C25H22N2O4S/c28-24-23(17-19-8-3-1-4-9-19)32-25(29)27(24)31-15-14-30-26-18-20-10-7-13-22(16-20)21-11-5-2-6-12-21/h1-13,16,18,23H,14-15,17H2/b26-18-. The Morgan fingerprint density at radius 2 is 1.59 bits per heavy atom. The first-order chi connectivity index (χ1) is 15.7. The van der Waals surface area contributed by atoms with Crippen LogP contribution in [0.1, 0.15) is 11.1 Å². The molecule has 1 heterocycles. The number of hydroxylamine groups is 2. The highest BCUT2D eigenvalue weighted by Gasteiger charge is 2.40. The van der Waals surface area contributed by atoms with Crippen molar-refractivity contribution in [3.63, 3.8) is 0 Å². The molecule has 0 aromatic heterocycles. The lowest BCUT2D eigenvalue weighted by Gasteiger charge is -2.12. The second kappa shape index (κ2) is 10.7. The number of hydrogen-bond acceptors (Lipinski definition) is 6. The summed E-state index contributed by atoms with van der Waals surface area (Å²) in [5.41, 5.74) is 4.12. The minimum absolute atomic E-state index is 0.0392. The number of carbonyl (C=O) groups is 2. The zero-order chi connectivity index (χ0) is 22.2. The minimum atomic E-state index is -0.472. The Bertz CT molecular complexity index is 1090. The van der Waals surface area contributed by atoms with Crippen molar-refractivity contribution in [2.45, 2.75) is 11.7 Å². The highest BCUT2D eigenvalue weighted by atomic mass is 32.2. The Labute approximate surface area is 190 Å². The van der Waals surface area contributed by atoms with E-state index in [2.05, 4.69) is 5.16 Å². The Morgan fingerprint density at radius 1 is 0.875 bits per heavy atom. The average molecular weight is 447 g/mol. The van der Waals surface area contributed by atoms with Crippen LogP contribution in [0, 0.1) is 0 Å². The van der Waals surface area contributed by atoms with Crippen LogP contribution in [-0.2, 0) is 20.9 Å². The van der Waals surface area contributed by atoms with Crippen LogP contribution in [0.4, 0.5) is 4.79 Å². The zero-order valence-electron chi connectivity index (χ0n) is 17.3. The summed E-state index contributed by atoms with van der Waals surface area (Å²) in [7, 11) is 0. The van der Waals surface area contributed by atoms with Crippen LogP contribution in [0.25, 0.3) is 11.1 Å². The van der Waals surface area contributed by atoms with E-state index in [0.29, 0.717) is 6.42 Å². The molecular weight excluding hydrogens is 424 g/mol. The molecule has 1 unspecified atom stereocenters. The summed E-state index contributed by atoms with van der Waals surface area (Å²) < 4.78 is 0. The lowest BCUT2D eigenvalue weighted by atomic mass is 10.0. The number of hydrogen-bond donors (Lipinski definition) is 0. The van der Waals surface area contributed by atoms with Crippen molar-refractivity contribution in [1.82, 2.24) is 5.06 Å². The monoisotopic (exact) mass is 446 g/mol. The van der Waals surface area contributed by atoms with Gasteiger partial charge in [-0.1, -0.05) is 84.0 Å². The molecule has 4 rings (SSSR count). The Morgan fingerprint density at radius 3 is 2.38 bits per heavy atom. The van der Waals surface area contributed by atoms with Gasteiger partial charge in [-0.25, -0.2) is 0 Å². The fourth-order valence-electron chi connectivity index (χ4n) is 3.26. The van der Waals surface area contributed by atoms with E-state index in [1.807, 2.05) is 84.9 Å². The van der Waals surface area contributed by atoms with Crippen molar-refractivity contribution in [2.75, 3.05) is 13.2 Å². The quantitative estimate of drug-likeness (QED) is 0.265. The van der Waals surface area contributed by atoms with Gasteiger partial charge in [0.25, 0.3) is 5.91 Å². The van der Waals surface area contributed by atoms with E-state index in [-0.39, 0.29) is 19.1 Å². The average Bonchev–Trinajstić information content (AvgIpc) is 3.10. The van der Waals surface area contributed by atoms with Crippen LogP contribution in [-0.4, -0.2) is 40.9 Å². The lowest BCUT2D eigenvalue weighted by Crippen LogP contribution is -2.33. The molecule has 0 aliphatic carbocycles. The predicted molar refractivity (Wildman–Crippen MR) is 125 cm³/mol. The third-order valence-corrected chi connectivity index (χ3v) is 5.83. The van der Waals surface area contributed by atoms with Gasteiger partial charge < -0.3 is 4.84 Å². The largest absolute Gasteiger partial charge is 0.393 e. The molecule has 7 heteroatoms. The topological polar surface area (TPSA) is 68.2 Å². The normalized spacial score (nSPS) is 16.1. The maximum atomic E-state index is 12.5. The van der Waals surface area contributed by atoms with Crippen molar-refractivity contribution < 1.29 is 19.3 Å². The van der Waals surface area contributed by atoms with E-state index in [1.165, 1.54) is 0 Å². The molecule has 162 valence electrons. The molecule has 3 aromatic rings. The number of thioether (sulfide) groups is 1. The van der Waals surface area contributed by atoms with E-state index < -0.39 is 10.5 Å². The summed E-state index contributed by atoms with van der Waals surface area (Å²) in [6.45, 7) is 0.150. The lowest BCUT2D eigenvalue weighted by molar-refractivity contribution is -0.167. The van der Waals surface area contributed by atoms with Gasteiger partial charge in [-0.3, -0.25) is 14.4 Å². The van der Waals surface area contributed by atoms with Gasteiger partial charge in [0, 0.05) is 0 Å². The van der Waals surface area contributed by atoms with Gasteiger partial charge in [-0.05, 0) is 46.5 Å². The first kappa shape index (κ1) is 21.8. The molecule has 2 amide bonds. The fourth-order valence-corrected chi connectivity index (χ4v) is 4.21. The predicted octanol–water partition coefficient (Wildman–Crippen LogP) is 4.94. The first-order valence-corrected chi connectivity index (χ1v) is 11.1. The fraction of sp³-hybridized carbons (Fsp3) is 0.160. The Hall–Kier alpha value is -3.42. The highest BCUT2D eigenvalue weighted by molar-refractivity contribution is 8.15. The van der Waals surface area contributed by atoms with Crippen LogP contribution in [0.5, 0.6) is 0 Å². The summed E-state index contributed by atoms with van der Waals surface area (Å²) in [6, 6.07) is 27.6. The van der Waals surface area contributed by atoms with Crippen LogP contribution >= 0.6 is 11.8 Å². The van der Waals surface area contributed by atoms with Crippen LogP contribution in [0.15, 0.2) is 90.1 Å². The van der Waals surface area contributed by atoms with Crippen molar-refractivity contribution >= 4 is 29.1 Å². The minimum Gasteiger partial charge on any atom is -0.393 e. The summed E-state index contributed by atoms with van der Waals surface area (Å²) >= 11 is 0.984. The van der Waals surface area contributed by atoms with E-state index in [1.54, 1.807) is 6.21 Å². The first-order valence-electron chi connectivity index (χ1n) is 10.2. The summed E-state index contributed by atoms with van der Waals surface area (Å²) in [4.78, 5) is 35.1. The molecule has 1 fully saturated rings. The van der Waals surface area contributed by atoms with E-state index >= 15 is 0 Å². The molecule has 0 bridgehead atoms. The number of nitrogens with zero attached hydrogens (tertiary/aromatic N) is 2. The molecule has 3 aromatic carbocycles. The van der Waals surface area contributed by atoms with Crippen LogP contribution < -0.4 is 0 Å². The van der Waals surface area contributed by atoms with Gasteiger partial charge in [0.2, 0.25) is 0 Å². The Balaban J connectivity index is 1.22. The van der Waals surface area contributed by atoms with E-state index in [0.717, 1.165) is 39.1 Å². The van der Waals surface area contributed by atoms with Gasteiger partial charge >= 0.3 is 5.24 Å². The highest BCUT2D eigenvalue weighted by Crippen LogP contribution is 2.29. The third-order valence-electron chi connectivity index (χ3n) is 4.81. The molecule has 1 saturated heterocycles. The van der Waals surface area contributed by atoms with Crippen molar-refractivity contribution in [3.8, 4) is 11.1 Å². The van der Waals surface area contributed by atoms with Gasteiger partial charge in [-0.2, -0.15) is 0 Å². The number of carbonyl (C=O) groups excluding carboxylic acids is 2. The van der Waals surface area contributed by atoms with Gasteiger partial charge in [0.05, 0.1) is 11.5 Å². The molecule has 1 aliphatic heterocycles. The molecule has 0 saturated carbocycles. The second-order valence-corrected chi connectivity index (χ2v) is 8.24. The number of oxime groups is 1. The molecule has 32 heavy (non-hydrogen) atoms. The van der Waals surface area contributed by atoms with Gasteiger partial charge in [0.15, 0.2) is 0 Å².